The number of aromatic nitrogens is 2. The minimum absolute atomic E-state index is 0.0896. The lowest BCUT2D eigenvalue weighted by Crippen LogP contribution is -2.55. The molecule has 232 valence electrons. The molecule has 1 fully saturated rings. The first-order valence-electron chi connectivity index (χ1n) is 15.7. The van der Waals surface area contributed by atoms with Crippen molar-refractivity contribution in [3.8, 4) is 0 Å². The van der Waals surface area contributed by atoms with Gasteiger partial charge in [0, 0.05) is 25.5 Å². The summed E-state index contributed by atoms with van der Waals surface area (Å²) in [6.45, 7) is 1.47. The van der Waals surface area contributed by atoms with E-state index in [4.69, 9.17) is 5.73 Å². The molecule has 1 aliphatic carbocycles. The molecule has 0 bridgehead atoms. The van der Waals surface area contributed by atoms with Gasteiger partial charge in [-0.2, -0.15) is 0 Å². The van der Waals surface area contributed by atoms with Crippen LogP contribution in [0.1, 0.15) is 81.8 Å². The average molecular weight is 583 g/mol. The normalized spacial score (nSPS) is 15.1. The number of unbranched alkanes of at least 4 members (excludes halogenated alkanes) is 2. The highest BCUT2D eigenvalue weighted by Gasteiger charge is 2.26. The largest absolute Gasteiger partial charge is 0.394 e. The Morgan fingerprint density at radius 3 is 2.40 bits per heavy atom. The fourth-order valence-electron chi connectivity index (χ4n) is 5.52. The van der Waals surface area contributed by atoms with E-state index in [1.165, 1.54) is 37.7 Å². The monoisotopic (exact) mass is 582 g/mol. The predicted molar refractivity (Wildman–Crippen MR) is 163 cm³/mol. The molecule has 1 aromatic carbocycles. The Morgan fingerprint density at radius 2 is 1.71 bits per heavy atom. The molecular weight excluding hydrogens is 532 g/mol. The lowest BCUT2D eigenvalue weighted by atomic mass is 9.87. The highest BCUT2D eigenvalue weighted by atomic mass is 16.3. The molecule has 10 heteroatoms. The third-order valence-electron chi connectivity index (χ3n) is 8.07. The quantitative estimate of drug-likeness (QED) is 0.161. The molecule has 3 amide bonds. The molecule has 42 heavy (non-hydrogen) atoms. The third kappa shape index (κ3) is 12.3. The number of amides is 3. The van der Waals surface area contributed by atoms with Crippen LogP contribution in [0.2, 0.25) is 0 Å². The summed E-state index contributed by atoms with van der Waals surface area (Å²) in [6.07, 6.45) is 17.8. The number of nitrogens with zero attached hydrogens (tertiary/aromatic N) is 2. The molecule has 0 saturated heterocycles. The Labute approximate surface area is 250 Å². The zero-order valence-corrected chi connectivity index (χ0v) is 24.9. The number of hydrogen-bond acceptors (Lipinski definition) is 6. The first kappa shape index (κ1) is 33.3. The van der Waals surface area contributed by atoms with Crippen LogP contribution in [-0.2, 0) is 33.8 Å². The summed E-state index contributed by atoms with van der Waals surface area (Å²) in [7, 11) is 0. The number of carbonyl (C=O) groups excluding carboxylic acids is 3. The van der Waals surface area contributed by atoms with Crippen molar-refractivity contribution in [2.75, 3.05) is 19.7 Å². The van der Waals surface area contributed by atoms with Crippen molar-refractivity contribution in [3.05, 3.63) is 54.1 Å². The number of aliphatic hydroxyl groups is 1. The number of rotatable bonds is 19. The van der Waals surface area contributed by atoms with Gasteiger partial charge in [0.25, 0.3) is 0 Å². The van der Waals surface area contributed by atoms with Crippen LogP contribution in [0.4, 0.5) is 0 Å². The van der Waals surface area contributed by atoms with E-state index in [0.29, 0.717) is 31.8 Å². The van der Waals surface area contributed by atoms with E-state index >= 15 is 0 Å². The van der Waals surface area contributed by atoms with E-state index in [2.05, 4.69) is 25.5 Å². The fraction of sp³-hybridized carbons (Fsp3) is 0.625. The van der Waals surface area contributed by atoms with Gasteiger partial charge >= 0.3 is 0 Å². The van der Waals surface area contributed by atoms with E-state index in [-0.39, 0.29) is 18.2 Å². The van der Waals surface area contributed by atoms with E-state index < -0.39 is 24.6 Å². The van der Waals surface area contributed by atoms with E-state index in [1.54, 1.807) is 6.20 Å². The van der Waals surface area contributed by atoms with Gasteiger partial charge in [-0.1, -0.05) is 56.4 Å². The number of benzene rings is 1. The van der Waals surface area contributed by atoms with Crippen molar-refractivity contribution in [3.63, 3.8) is 0 Å². The van der Waals surface area contributed by atoms with Crippen LogP contribution in [0.15, 0.2) is 43.0 Å². The SMILES string of the molecule is NCCCC[C@H](NC(=O)[C@H](CO)NC(=O)Cc1ccc(CCCCn2ccnc2)cc1)C(=O)NCCC1CCCCC1. The molecule has 3 rings (SSSR count). The molecule has 0 unspecified atom stereocenters. The second-order valence-electron chi connectivity index (χ2n) is 11.5. The average Bonchev–Trinajstić information content (AvgIpc) is 3.52. The van der Waals surface area contributed by atoms with Crippen LogP contribution in [0.3, 0.4) is 0 Å². The minimum atomic E-state index is -1.14. The topological polar surface area (TPSA) is 151 Å². The number of hydrogen-bond donors (Lipinski definition) is 5. The summed E-state index contributed by atoms with van der Waals surface area (Å²) in [6, 6.07) is 6.01. The highest BCUT2D eigenvalue weighted by Crippen LogP contribution is 2.25. The van der Waals surface area contributed by atoms with Crippen molar-refractivity contribution in [1.82, 2.24) is 25.5 Å². The van der Waals surface area contributed by atoms with Crippen molar-refractivity contribution in [1.29, 1.82) is 0 Å². The van der Waals surface area contributed by atoms with Crippen LogP contribution >= 0.6 is 0 Å². The van der Waals surface area contributed by atoms with Gasteiger partial charge in [0.05, 0.1) is 19.4 Å². The lowest BCUT2D eigenvalue weighted by Gasteiger charge is -2.24. The molecule has 0 aliphatic heterocycles. The first-order valence-corrected chi connectivity index (χ1v) is 15.7. The number of nitrogens with two attached hydrogens (primary N) is 1. The maximum absolute atomic E-state index is 13.0. The van der Waals surface area contributed by atoms with Crippen LogP contribution in [0.5, 0.6) is 0 Å². The van der Waals surface area contributed by atoms with Crippen molar-refractivity contribution in [2.45, 2.75) is 102 Å². The smallest absolute Gasteiger partial charge is 0.245 e. The summed E-state index contributed by atoms with van der Waals surface area (Å²) in [5, 5.41) is 18.2. The Hall–Kier alpha value is -3.24. The Bertz CT molecular complexity index is 1050. The molecule has 1 heterocycles. The van der Waals surface area contributed by atoms with Gasteiger partial charge in [-0.15, -0.1) is 0 Å². The molecular formula is C32H50N6O4. The van der Waals surface area contributed by atoms with Gasteiger partial charge in [0.15, 0.2) is 0 Å². The molecule has 1 aromatic heterocycles. The van der Waals surface area contributed by atoms with Crippen LogP contribution in [0.25, 0.3) is 0 Å². The highest BCUT2D eigenvalue weighted by molar-refractivity contribution is 5.92. The Balaban J connectivity index is 1.43. The van der Waals surface area contributed by atoms with Crippen molar-refractivity contribution in [2.24, 2.45) is 11.7 Å². The summed E-state index contributed by atoms with van der Waals surface area (Å²) in [4.78, 5) is 42.7. The maximum Gasteiger partial charge on any atom is 0.245 e. The Morgan fingerprint density at radius 1 is 0.952 bits per heavy atom. The number of nitrogens with one attached hydrogen (secondary N) is 3. The number of imidazole rings is 1. The van der Waals surface area contributed by atoms with Gasteiger partial charge in [-0.25, -0.2) is 4.98 Å². The lowest BCUT2D eigenvalue weighted by molar-refractivity contribution is -0.133. The molecule has 6 N–H and O–H groups in total. The Kier molecular flexibility index (Phi) is 15.1. The predicted octanol–water partition coefficient (Wildman–Crippen LogP) is 2.63. The van der Waals surface area contributed by atoms with Crippen molar-refractivity contribution >= 4 is 17.7 Å². The molecule has 1 aliphatic rings. The number of aliphatic hydroxyl groups excluding tert-OH is 1. The van der Waals surface area contributed by atoms with Gasteiger partial charge < -0.3 is 31.4 Å². The fourth-order valence-corrected chi connectivity index (χ4v) is 5.52. The summed E-state index contributed by atoms with van der Waals surface area (Å²) in [5.74, 6) is -0.528. The van der Waals surface area contributed by atoms with E-state index in [1.807, 2.05) is 36.8 Å². The van der Waals surface area contributed by atoms with Crippen LogP contribution < -0.4 is 21.7 Å². The van der Waals surface area contributed by atoms with Gasteiger partial charge in [-0.05, 0) is 68.5 Å². The zero-order chi connectivity index (χ0) is 30.0. The summed E-state index contributed by atoms with van der Waals surface area (Å²) >= 11 is 0. The van der Waals surface area contributed by atoms with Gasteiger partial charge in [0.2, 0.25) is 17.7 Å². The molecule has 10 nitrogen and oxygen atoms in total. The molecule has 2 aromatic rings. The number of aryl methyl sites for hydroxylation is 2. The van der Waals surface area contributed by atoms with Gasteiger partial charge in [-0.3, -0.25) is 14.4 Å². The second-order valence-corrected chi connectivity index (χ2v) is 11.5. The third-order valence-corrected chi connectivity index (χ3v) is 8.07. The summed E-state index contributed by atoms with van der Waals surface area (Å²) in [5.41, 5.74) is 7.65. The maximum atomic E-state index is 13.0. The van der Waals surface area contributed by atoms with E-state index in [0.717, 1.165) is 44.2 Å². The molecule has 2 atom stereocenters. The second kappa shape index (κ2) is 19.0. The first-order chi connectivity index (χ1) is 20.5. The van der Waals surface area contributed by atoms with Crippen LogP contribution in [-0.4, -0.2) is 64.2 Å². The molecule has 0 radical (unpaired) electrons. The van der Waals surface area contributed by atoms with Crippen LogP contribution in [0, 0.1) is 5.92 Å². The number of carbonyl (C=O) groups is 3. The molecule has 0 spiro atoms. The van der Waals surface area contributed by atoms with E-state index in [9.17, 15) is 19.5 Å². The standard InChI is InChI=1S/C32H50N6O4/c33-17-6-4-11-28(31(41)35-18-16-25-8-2-1-3-9-25)37-32(42)29(23-39)36-30(40)22-27-14-12-26(13-15-27)10-5-7-20-38-21-19-34-24-38/h12-15,19,21,24-25,28-29,39H,1-11,16-18,20,22-23,33H2,(H,35,41)(H,36,40)(H,37,42)/t28-,29-/m0/s1. The van der Waals surface area contributed by atoms with Gasteiger partial charge in [0.1, 0.15) is 12.1 Å². The zero-order valence-electron chi connectivity index (χ0n) is 24.9. The summed E-state index contributed by atoms with van der Waals surface area (Å²) < 4.78 is 2.07. The van der Waals surface area contributed by atoms with Crippen molar-refractivity contribution < 1.29 is 19.5 Å². The minimum Gasteiger partial charge on any atom is -0.394 e. The molecule has 1 saturated carbocycles.